The van der Waals surface area contributed by atoms with E-state index in [-0.39, 0.29) is 23.3 Å². The number of rotatable bonds is 6. The predicted octanol–water partition coefficient (Wildman–Crippen LogP) is 5.02. The normalized spacial score (nSPS) is 14.6. The summed E-state index contributed by atoms with van der Waals surface area (Å²) < 4.78 is 47.0. The van der Waals surface area contributed by atoms with Gasteiger partial charge in [0.1, 0.15) is 11.5 Å². The monoisotopic (exact) mass is 458 g/mol. The van der Waals surface area contributed by atoms with E-state index < -0.39 is 6.36 Å². The smallest absolute Gasteiger partial charge is 0.436 e. The molecular weight excluding hydrogens is 437 g/mol. The molecule has 1 N–H and O–H groups in total. The van der Waals surface area contributed by atoms with Crippen molar-refractivity contribution in [2.45, 2.75) is 19.2 Å². The molecule has 2 aromatic carbocycles. The Bertz CT molecular complexity index is 1090. The summed E-state index contributed by atoms with van der Waals surface area (Å²) in [5.41, 5.74) is 0.247. The van der Waals surface area contributed by atoms with E-state index in [9.17, 15) is 18.0 Å². The molecule has 2 heterocycles. The number of para-hydroxylation sites is 1. The van der Waals surface area contributed by atoms with Gasteiger partial charge < -0.3 is 19.7 Å². The molecule has 0 saturated carbocycles. The van der Waals surface area contributed by atoms with Crippen LogP contribution in [0.15, 0.2) is 67.0 Å². The third-order valence-corrected chi connectivity index (χ3v) is 5.10. The number of halogens is 3. The number of piperidine rings is 1. The molecule has 0 aliphatic carbocycles. The van der Waals surface area contributed by atoms with Crippen molar-refractivity contribution in [3.8, 4) is 17.4 Å². The number of aromatic nitrogens is 2. The number of hydrogen-bond donors (Lipinski definition) is 1. The van der Waals surface area contributed by atoms with Crippen LogP contribution in [0.2, 0.25) is 0 Å². The van der Waals surface area contributed by atoms with Crippen molar-refractivity contribution in [2.24, 2.45) is 5.92 Å². The first-order chi connectivity index (χ1) is 15.9. The average molecular weight is 458 g/mol. The molecule has 1 aliphatic heterocycles. The summed E-state index contributed by atoms with van der Waals surface area (Å²) in [6.07, 6.45) is -0.558. The standard InChI is InChI=1S/C23H21F3N4O3/c24-23(25,26)33-19-8-4-5-17(15-19)29-21(31)16-9-13-30(14-10-16)20-22(28-12-11-27-20)32-18-6-2-1-3-7-18/h1-8,11-12,15-16H,9-10,13-14H2,(H,29,31). The quantitative estimate of drug-likeness (QED) is 0.559. The Morgan fingerprint density at radius 2 is 1.67 bits per heavy atom. The van der Waals surface area contributed by atoms with Gasteiger partial charge in [-0.1, -0.05) is 24.3 Å². The van der Waals surface area contributed by atoms with E-state index >= 15 is 0 Å². The Morgan fingerprint density at radius 1 is 0.970 bits per heavy atom. The molecule has 1 saturated heterocycles. The van der Waals surface area contributed by atoms with Gasteiger partial charge >= 0.3 is 6.36 Å². The molecule has 1 aromatic heterocycles. The molecule has 4 rings (SSSR count). The maximum absolute atomic E-state index is 12.7. The Hall–Kier alpha value is -3.82. The van der Waals surface area contributed by atoms with Gasteiger partial charge in [0.15, 0.2) is 5.82 Å². The van der Waals surface area contributed by atoms with Crippen LogP contribution in [0.1, 0.15) is 12.8 Å². The van der Waals surface area contributed by atoms with Gasteiger partial charge in [0, 0.05) is 43.2 Å². The maximum Gasteiger partial charge on any atom is 0.573 e. The summed E-state index contributed by atoms with van der Waals surface area (Å²) in [6.45, 7) is 1.11. The summed E-state index contributed by atoms with van der Waals surface area (Å²) in [7, 11) is 0. The molecule has 7 nitrogen and oxygen atoms in total. The number of carbonyl (C=O) groups is 1. The first kappa shape index (κ1) is 22.4. The second-order valence-electron chi connectivity index (χ2n) is 7.43. The highest BCUT2D eigenvalue weighted by atomic mass is 19.4. The number of anilines is 2. The molecule has 33 heavy (non-hydrogen) atoms. The van der Waals surface area contributed by atoms with Crippen LogP contribution in [-0.4, -0.2) is 35.3 Å². The van der Waals surface area contributed by atoms with Crippen LogP contribution in [0.3, 0.4) is 0 Å². The number of ether oxygens (including phenoxy) is 2. The third-order valence-electron chi connectivity index (χ3n) is 5.10. The summed E-state index contributed by atoms with van der Waals surface area (Å²) in [4.78, 5) is 23.4. The lowest BCUT2D eigenvalue weighted by molar-refractivity contribution is -0.274. The lowest BCUT2D eigenvalue weighted by Gasteiger charge is -2.32. The zero-order chi connectivity index (χ0) is 23.3. The molecule has 10 heteroatoms. The van der Waals surface area contributed by atoms with Crippen LogP contribution < -0.4 is 19.7 Å². The van der Waals surface area contributed by atoms with Gasteiger partial charge in [-0.25, -0.2) is 9.97 Å². The van der Waals surface area contributed by atoms with Gasteiger partial charge in [0.25, 0.3) is 5.88 Å². The Morgan fingerprint density at radius 3 is 2.39 bits per heavy atom. The molecule has 0 radical (unpaired) electrons. The van der Waals surface area contributed by atoms with E-state index in [0.717, 1.165) is 6.07 Å². The number of carbonyl (C=O) groups excluding carboxylic acids is 1. The minimum atomic E-state index is -4.79. The van der Waals surface area contributed by atoms with Crippen molar-refractivity contribution in [3.05, 3.63) is 67.0 Å². The lowest BCUT2D eigenvalue weighted by atomic mass is 9.96. The minimum absolute atomic E-state index is 0.247. The fraction of sp³-hybridized carbons (Fsp3) is 0.261. The van der Waals surface area contributed by atoms with E-state index in [4.69, 9.17) is 4.74 Å². The molecule has 0 bridgehead atoms. The van der Waals surface area contributed by atoms with E-state index in [1.165, 1.54) is 18.2 Å². The molecule has 1 amide bonds. The molecule has 0 spiro atoms. The molecule has 3 aromatic rings. The van der Waals surface area contributed by atoms with Crippen molar-refractivity contribution >= 4 is 17.4 Å². The van der Waals surface area contributed by atoms with Gasteiger partial charge in [-0.05, 0) is 37.1 Å². The number of nitrogens with zero attached hydrogens (tertiary/aromatic N) is 3. The lowest BCUT2D eigenvalue weighted by Crippen LogP contribution is -2.38. The summed E-state index contributed by atoms with van der Waals surface area (Å²) >= 11 is 0. The van der Waals surface area contributed by atoms with Crippen LogP contribution in [0.4, 0.5) is 24.7 Å². The average Bonchev–Trinajstić information content (AvgIpc) is 2.79. The molecule has 172 valence electrons. The van der Waals surface area contributed by atoms with Crippen molar-refractivity contribution in [1.29, 1.82) is 0 Å². The van der Waals surface area contributed by atoms with Crippen LogP contribution in [0.25, 0.3) is 0 Å². The fourth-order valence-electron chi connectivity index (χ4n) is 3.58. The first-order valence-corrected chi connectivity index (χ1v) is 10.3. The Kier molecular flexibility index (Phi) is 6.62. The molecule has 1 fully saturated rings. The van der Waals surface area contributed by atoms with Gasteiger partial charge in [0.2, 0.25) is 5.91 Å². The maximum atomic E-state index is 12.7. The predicted molar refractivity (Wildman–Crippen MR) is 115 cm³/mol. The SMILES string of the molecule is O=C(Nc1cccc(OC(F)(F)F)c1)C1CCN(c2nccnc2Oc2ccccc2)CC1. The summed E-state index contributed by atoms with van der Waals surface area (Å²) in [5, 5.41) is 2.68. The van der Waals surface area contributed by atoms with Crippen molar-refractivity contribution < 1.29 is 27.4 Å². The number of alkyl halides is 3. The van der Waals surface area contributed by atoms with Crippen LogP contribution in [0.5, 0.6) is 17.4 Å². The largest absolute Gasteiger partial charge is 0.573 e. The van der Waals surface area contributed by atoms with Gasteiger partial charge in [0.05, 0.1) is 0 Å². The highest BCUT2D eigenvalue weighted by Gasteiger charge is 2.31. The first-order valence-electron chi connectivity index (χ1n) is 10.3. The van der Waals surface area contributed by atoms with Crippen molar-refractivity contribution in [2.75, 3.05) is 23.3 Å². The number of hydrogen-bond acceptors (Lipinski definition) is 6. The summed E-state index contributed by atoms with van der Waals surface area (Å²) in [5.74, 6) is 0.696. The van der Waals surface area contributed by atoms with Crippen molar-refractivity contribution in [1.82, 2.24) is 9.97 Å². The van der Waals surface area contributed by atoms with Crippen molar-refractivity contribution in [3.63, 3.8) is 0 Å². The van der Waals surface area contributed by atoms with E-state index in [2.05, 4.69) is 20.0 Å². The molecular formula is C23H21F3N4O3. The van der Waals surface area contributed by atoms with Gasteiger partial charge in [-0.2, -0.15) is 0 Å². The van der Waals surface area contributed by atoms with Gasteiger partial charge in [-0.3, -0.25) is 4.79 Å². The number of benzene rings is 2. The highest BCUT2D eigenvalue weighted by Crippen LogP contribution is 2.31. The van der Waals surface area contributed by atoms with E-state index in [0.29, 0.717) is 43.4 Å². The topological polar surface area (TPSA) is 76.6 Å². The zero-order valence-electron chi connectivity index (χ0n) is 17.5. The van der Waals surface area contributed by atoms with Gasteiger partial charge in [-0.15, -0.1) is 13.2 Å². The van der Waals surface area contributed by atoms with Crippen LogP contribution in [-0.2, 0) is 4.79 Å². The second kappa shape index (κ2) is 9.76. The third kappa shape index (κ3) is 6.12. The van der Waals surface area contributed by atoms with E-state index in [1.54, 1.807) is 12.4 Å². The zero-order valence-corrected chi connectivity index (χ0v) is 17.5. The Balaban J connectivity index is 1.36. The second-order valence-corrected chi connectivity index (χ2v) is 7.43. The Labute approximate surface area is 188 Å². The van der Waals surface area contributed by atoms with Crippen LogP contribution in [0, 0.1) is 5.92 Å². The molecule has 1 aliphatic rings. The number of nitrogens with one attached hydrogen (secondary N) is 1. The molecule has 0 unspecified atom stereocenters. The summed E-state index contributed by atoms with van der Waals surface area (Å²) in [6, 6.07) is 14.5. The van der Waals surface area contributed by atoms with Crippen LogP contribution >= 0.6 is 0 Å². The fourth-order valence-corrected chi connectivity index (χ4v) is 3.58. The van der Waals surface area contributed by atoms with E-state index in [1.807, 2.05) is 35.2 Å². The molecule has 0 atom stereocenters. The minimum Gasteiger partial charge on any atom is -0.436 e. The highest BCUT2D eigenvalue weighted by molar-refractivity contribution is 5.92. The number of amides is 1.